The lowest BCUT2D eigenvalue weighted by Gasteiger charge is -2.60. The van der Waals surface area contributed by atoms with Gasteiger partial charge in [-0.1, -0.05) is 25.5 Å². The van der Waals surface area contributed by atoms with Gasteiger partial charge in [0.15, 0.2) is 5.78 Å². The van der Waals surface area contributed by atoms with E-state index in [1.54, 1.807) is 0 Å². The minimum absolute atomic E-state index is 0.0767. The van der Waals surface area contributed by atoms with E-state index in [0.717, 1.165) is 38.5 Å². The van der Waals surface area contributed by atoms with Gasteiger partial charge in [0.1, 0.15) is 18.0 Å². The number of ketones is 2. The van der Waals surface area contributed by atoms with Crippen molar-refractivity contribution >= 4 is 11.6 Å². The SMILES string of the molecule is CC12CCC(=O)C=C1CCC1C2C(O)CC2(C)C1CC[C@]2(O)C(=O)COc1ccc2c(c1)CCCC2. The molecule has 5 nitrogen and oxygen atoms in total. The molecule has 5 aliphatic carbocycles. The van der Waals surface area contributed by atoms with Crippen molar-refractivity contribution < 1.29 is 24.5 Å². The average molecular weight is 493 g/mol. The number of fused-ring (bicyclic) bond motifs is 6. The number of ether oxygens (including phenoxy) is 1. The zero-order chi connectivity index (χ0) is 25.3. The van der Waals surface area contributed by atoms with Gasteiger partial charge in [-0.2, -0.15) is 0 Å². The van der Waals surface area contributed by atoms with E-state index in [-0.39, 0.29) is 41.3 Å². The molecule has 194 valence electrons. The molecule has 0 saturated heterocycles. The van der Waals surface area contributed by atoms with Gasteiger partial charge in [-0.3, -0.25) is 9.59 Å². The highest BCUT2D eigenvalue weighted by atomic mass is 16.5. The Kier molecular flexibility index (Phi) is 5.77. The number of aryl methyl sites for hydroxylation is 2. The fourth-order valence-corrected chi connectivity index (χ4v) is 9.22. The highest BCUT2D eigenvalue weighted by Gasteiger charge is 2.68. The first kappa shape index (κ1) is 24.4. The molecule has 1 aromatic carbocycles. The van der Waals surface area contributed by atoms with Crippen molar-refractivity contribution in [1.29, 1.82) is 0 Å². The number of aliphatic hydroxyl groups is 2. The standard InChI is InChI=1S/C31H40O5/c1-29-13-11-22(32)16-21(29)8-10-24-25-12-14-31(35,30(25,2)17-26(33)28(24)29)27(34)18-36-23-9-7-19-5-3-4-6-20(19)15-23/h7,9,15-16,24-26,28,33,35H,3-6,8,10-14,17-18H2,1-2H3/t24?,25?,26?,28?,29?,30?,31-/m0/s1. The van der Waals surface area contributed by atoms with Crippen LogP contribution in [0.2, 0.25) is 0 Å². The molecule has 6 rings (SSSR count). The highest BCUT2D eigenvalue weighted by molar-refractivity contribution is 5.92. The van der Waals surface area contributed by atoms with Crippen molar-refractivity contribution in [2.75, 3.05) is 6.61 Å². The minimum atomic E-state index is -1.49. The number of hydrogen-bond acceptors (Lipinski definition) is 5. The van der Waals surface area contributed by atoms with Gasteiger partial charge in [0.2, 0.25) is 5.78 Å². The summed E-state index contributed by atoms with van der Waals surface area (Å²) in [6, 6.07) is 6.11. The summed E-state index contributed by atoms with van der Waals surface area (Å²) in [4.78, 5) is 25.7. The van der Waals surface area contributed by atoms with Gasteiger partial charge in [0, 0.05) is 11.8 Å². The molecular formula is C31H40O5. The molecule has 5 aliphatic rings. The summed E-state index contributed by atoms with van der Waals surface area (Å²) in [5.41, 5.74) is 1.55. The largest absolute Gasteiger partial charge is 0.486 e. The van der Waals surface area contributed by atoms with Crippen molar-refractivity contribution in [2.45, 2.75) is 96.2 Å². The lowest BCUT2D eigenvalue weighted by Crippen LogP contribution is -2.62. The van der Waals surface area contributed by atoms with E-state index in [0.29, 0.717) is 25.0 Å². The van der Waals surface area contributed by atoms with Gasteiger partial charge in [-0.25, -0.2) is 0 Å². The van der Waals surface area contributed by atoms with Crippen LogP contribution >= 0.6 is 0 Å². The zero-order valence-electron chi connectivity index (χ0n) is 21.7. The first-order valence-electron chi connectivity index (χ1n) is 14.1. The summed E-state index contributed by atoms with van der Waals surface area (Å²) < 4.78 is 5.96. The monoisotopic (exact) mass is 492 g/mol. The molecule has 0 bridgehead atoms. The Morgan fingerprint density at radius 1 is 1.06 bits per heavy atom. The number of benzene rings is 1. The van der Waals surface area contributed by atoms with Crippen molar-refractivity contribution in [3.63, 3.8) is 0 Å². The fourth-order valence-electron chi connectivity index (χ4n) is 9.22. The second-order valence-corrected chi connectivity index (χ2v) is 12.8. The van der Waals surface area contributed by atoms with Crippen molar-refractivity contribution in [1.82, 2.24) is 0 Å². The average Bonchev–Trinajstić information content (AvgIpc) is 3.13. The first-order valence-corrected chi connectivity index (χ1v) is 14.1. The number of carbonyl (C=O) groups is 2. The molecule has 0 aromatic heterocycles. The lowest BCUT2D eigenvalue weighted by atomic mass is 9.45. The van der Waals surface area contributed by atoms with Crippen LogP contribution in [-0.4, -0.2) is 40.1 Å². The summed E-state index contributed by atoms with van der Waals surface area (Å²) in [5.74, 6) is 1.14. The molecule has 6 unspecified atom stereocenters. The Bertz CT molecular complexity index is 1120. The van der Waals surface area contributed by atoms with Gasteiger partial charge in [0.05, 0.1) is 6.10 Å². The molecule has 1 aromatic rings. The molecule has 3 fully saturated rings. The van der Waals surface area contributed by atoms with Gasteiger partial charge in [-0.15, -0.1) is 0 Å². The van der Waals surface area contributed by atoms with E-state index >= 15 is 0 Å². The van der Waals surface area contributed by atoms with Crippen LogP contribution in [0.4, 0.5) is 0 Å². The maximum Gasteiger partial charge on any atom is 0.202 e. The van der Waals surface area contributed by atoms with E-state index < -0.39 is 17.1 Å². The van der Waals surface area contributed by atoms with Crippen LogP contribution in [0.3, 0.4) is 0 Å². The second-order valence-electron chi connectivity index (χ2n) is 12.8. The number of rotatable bonds is 4. The smallest absolute Gasteiger partial charge is 0.202 e. The summed E-state index contributed by atoms with van der Waals surface area (Å²) >= 11 is 0. The normalized spacial score (nSPS) is 41.4. The maximum atomic E-state index is 13.6. The molecule has 0 heterocycles. The molecule has 0 amide bonds. The van der Waals surface area contributed by atoms with Gasteiger partial charge < -0.3 is 14.9 Å². The highest BCUT2D eigenvalue weighted by Crippen LogP contribution is 2.67. The summed E-state index contributed by atoms with van der Waals surface area (Å²) in [6.45, 7) is 4.11. The molecule has 3 saturated carbocycles. The summed E-state index contributed by atoms with van der Waals surface area (Å²) in [7, 11) is 0. The van der Waals surface area contributed by atoms with Crippen LogP contribution in [-0.2, 0) is 22.4 Å². The minimum Gasteiger partial charge on any atom is -0.486 e. The van der Waals surface area contributed by atoms with Crippen molar-refractivity contribution in [3.05, 3.63) is 41.0 Å². The van der Waals surface area contributed by atoms with Crippen LogP contribution in [0.5, 0.6) is 5.75 Å². The topological polar surface area (TPSA) is 83.8 Å². The number of allylic oxidation sites excluding steroid dienone is 1. The van der Waals surface area contributed by atoms with E-state index in [9.17, 15) is 19.8 Å². The third kappa shape index (κ3) is 3.49. The fraction of sp³-hybridized carbons (Fsp3) is 0.677. The third-order valence-electron chi connectivity index (χ3n) is 11.2. The van der Waals surface area contributed by atoms with Gasteiger partial charge in [0.25, 0.3) is 0 Å². The van der Waals surface area contributed by atoms with Crippen LogP contribution < -0.4 is 4.74 Å². The van der Waals surface area contributed by atoms with Crippen LogP contribution in [0, 0.1) is 28.6 Å². The van der Waals surface area contributed by atoms with Crippen molar-refractivity contribution in [3.8, 4) is 5.75 Å². The maximum absolute atomic E-state index is 13.6. The molecule has 0 aliphatic heterocycles. The van der Waals surface area contributed by atoms with Crippen LogP contribution in [0.25, 0.3) is 0 Å². The Morgan fingerprint density at radius 2 is 1.83 bits per heavy atom. The molecule has 2 N–H and O–H groups in total. The van der Waals surface area contributed by atoms with Gasteiger partial charge >= 0.3 is 0 Å². The second kappa shape index (κ2) is 8.52. The molecule has 5 heteroatoms. The van der Waals surface area contributed by atoms with E-state index in [4.69, 9.17) is 4.74 Å². The Hall–Kier alpha value is -1.98. The molecule has 7 atom stereocenters. The Labute approximate surface area is 214 Å². The lowest BCUT2D eigenvalue weighted by molar-refractivity contribution is -0.181. The molecule has 0 spiro atoms. The summed E-state index contributed by atoms with van der Waals surface area (Å²) in [6.07, 6.45) is 10.5. The van der Waals surface area contributed by atoms with E-state index in [1.165, 1.54) is 29.5 Å². The number of Topliss-reactive ketones (excluding diaryl/α,β-unsaturated/α-hetero) is 1. The van der Waals surface area contributed by atoms with E-state index in [1.807, 2.05) is 19.1 Å². The third-order valence-corrected chi connectivity index (χ3v) is 11.2. The van der Waals surface area contributed by atoms with Crippen LogP contribution in [0.1, 0.15) is 82.8 Å². The quantitative estimate of drug-likeness (QED) is 0.634. The predicted molar refractivity (Wildman–Crippen MR) is 137 cm³/mol. The van der Waals surface area contributed by atoms with Crippen molar-refractivity contribution in [2.24, 2.45) is 28.6 Å². The number of carbonyl (C=O) groups excluding carboxylic acids is 2. The summed E-state index contributed by atoms with van der Waals surface area (Å²) in [5, 5.41) is 23.5. The molecule has 36 heavy (non-hydrogen) atoms. The Balaban J connectivity index is 1.22. The Morgan fingerprint density at radius 3 is 2.64 bits per heavy atom. The number of hydrogen-bond donors (Lipinski definition) is 2. The van der Waals surface area contributed by atoms with Gasteiger partial charge in [-0.05, 0) is 117 Å². The first-order chi connectivity index (χ1) is 17.2. The number of aliphatic hydroxyl groups excluding tert-OH is 1. The van der Waals surface area contributed by atoms with E-state index in [2.05, 4.69) is 19.1 Å². The molecule has 0 radical (unpaired) electrons. The van der Waals surface area contributed by atoms with Crippen LogP contribution in [0.15, 0.2) is 29.8 Å². The molecular weight excluding hydrogens is 452 g/mol. The predicted octanol–water partition coefficient (Wildman–Crippen LogP) is 4.75. The zero-order valence-corrected chi connectivity index (χ0v) is 21.7.